The van der Waals surface area contributed by atoms with E-state index in [1.165, 1.54) is 0 Å². The molecule has 2 unspecified atom stereocenters. The zero-order valence-corrected chi connectivity index (χ0v) is 14.5. The van der Waals surface area contributed by atoms with E-state index in [4.69, 9.17) is 18.6 Å². The van der Waals surface area contributed by atoms with Gasteiger partial charge in [0.25, 0.3) is 0 Å². The SMILES string of the molecule is CC(C)B1OC(C)(C)C(C)(CCC(C)B2OCCCO2)O1. The quantitative estimate of drug-likeness (QED) is 0.727. The average molecular weight is 296 g/mol. The first-order chi connectivity index (χ1) is 9.75. The Labute approximate surface area is 130 Å². The van der Waals surface area contributed by atoms with Crippen LogP contribution in [0.4, 0.5) is 0 Å². The zero-order chi connectivity index (χ0) is 15.7. The molecule has 2 saturated heterocycles. The van der Waals surface area contributed by atoms with E-state index in [0.717, 1.165) is 32.5 Å². The lowest BCUT2D eigenvalue weighted by atomic mass is 9.68. The summed E-state index contributed by atoms with van der Waals surface area (Å²) in [6.45, 7) is 14.5. The Morgan fingerprint density at radius 3 is 2.10 bits per heavy atom. The van der Waals surface area contributed by atoms with Crippen molar-refractivity contribution in [2.75, 3.05) is 13.2 Å². The van der Waals surface area contributed by atoms with Gasteiger partial charge in [0, 0.05) is 13.2 Å². The molecular formula is C15H30B2O4. The second-order valence-corrected chi connectivity index (χ2v) is 7.57. The molecule has 0 saturated carbocycles. The molecule has 0 aromatic heterocycles. The minimum absolute atomic E-state index is 0.0614. The summed E-state index contributed by atoms with van der Waals surface area (Å²) in [4.78, 5) is 0. The van der Waals surface area contributed by atoms with E-state index < -0.39 is 0 Å². The van der Waals surface area contributed by atoms with Gasteiger partial charge < -0.3 is 18.6 Å². The van der Waals surface area contributed by atoms with Crippen molar-refractivity contribution in [1.82, 2.24) is 0 Å². The summed E-state index contributed by atoms with van der Waals surface area (Å²) in [6.07, 6.45) is 2.97. The van der Waals surface area contributed by atoms with Gasteiger partial charge in [0.2, 0.25) is 0 Å². The van der Waals surface area contributed by atoms with Crippen molar-refractivity contribution in [1.29, 1.82) is 0 Å². The summed E-state index contributed by atoms with van der Waals surface area (Å²) in [6, 6.07) is 0. The Morgan fingerprint density at radius 2 is 1.57 bits per heavy atom. The zero-order valence-electron chi connectivity index (χ0n) is 14.5. The molecule has 0 spiro atoms. The Morgan fingerprint density at radius 1 is 0.952 bits per heavy atom. The molecule has 21 heavy (non-hydrogen) atoms. The van der Waals surface area contributed by atoms with Crippen molar-refractivity contribution in [3.8, 4) is 0 Å². The van der Waals surface area contributed by atoms with Gasteiger partial charge in [-0.15, -0.1) is 0 Å². The highest BCUT2D eigenvalue weighted by Gasteiger charge is 2.54. The van der Waals surface area contributed by atoms with Gasteiger partial charge in [0.15, 0.2) is 0 Å². The van der Waals surface area contributed by atoms with Crippen LogP contribution in [0.3, 0.4) is 0 Å². The van der Waals surface area contributed by atoms with Gasteiger partial charge in [0.05, 0.1) is 11.2 Å². The second kappa shape index (κ2) is 6.61. The van der Waals surface area contributed by atoms with Gasteiger partial charge in [-0.3, -0.25) is 0 Å². The van der Waals surface area contributed by atoms with E-state index in [1.807, 2.05) is 0 Å². The van der Waals surface area contributed by atoms with Crippen molar-refractivity contribution in [2.45, 2.75) is 83.6 Å². The van der Waals surface area contributed by atoms with Gasteiger partial charge >= 0.3 is 14.2 Å². The van der Waals surface area contributed by atoms with Crippen LogP contribution in [0.2, 0.25) is 11.6 Å². The summed E-state index contributed by atoms with van der Waals surface area (Å²) < 4.78 is 23.8. The highest BCUT2D eigenvalue weighted by molar-refractivity contribution is 6.47. The van der Waals surface area contributed by atoms with Gasteiger partial charge in [-0.25, -0.2) is 0 Å². The molecule has 0 bridgehead atoms. The van der Waals surface area contributed by atoms with Crippen LogP contribution >= 0.6 is 0 Å². The van der Waals surface area contributed by atoms with Gasteiger partial charge in [0.1, 0.15) is 0 Å². The summed E-state index contributed by atoms with van der Waals surface area (Å²) in [5.41, 5.74) is -0.527. The van der Waals surface area contributed by atoms with E-state index in [1.54, 1.807) is 0 Å². The van der Waals surface area contributed by atoms with E-state index in [9.17, 15) is 0 Å². The molecule has 6 heteroatoms. The summed E-state index contributed by atoms with van der Waals surface area (Å²) >= 11 is 0. The van der Waals surface area contributed by atoms with Crippen LogP contribution in [-0.2, 0) is 18.6 Å². The minimum atomic E-state index is -0.268. The molecule has 2 heterocycles. The Bertz CT molecular complexity index is 345. The van der Waals surface area contributed by atoms with Crippen LogP contribution < -0.4 is 0 Å². The second-order valence-electron chi connectivity index (χ2n) is 7.57. The first kappa shape index (κ1) is 17.3. The van der Waals surface area contributed by atoms with E-state index in [0.29, 0.717) is 11.6 Å². The van der Waals surface area contributed by atoms with E-state index in [-0.39, 0.29) is 25.4 Å². The van der Waals surface area contributed by atoms with Gasteiger partial charge in [-0.2, -0.15) is 0 Å². The molecule has 2 fully saturated rings. The Kier molecular flexibility index (Phi) is 5.45. The van der Waals surface area contributed by atoms with Crippen LogP contribution in [0.15, 0.2) is 0 Å². The third kappa shape index (κ3) is 3.84. The molecule has 0 radical (unpaired) electrons. The third-order valence-corrected chi connectivity index (χ3v) is 5.00. The largest absolute Gasteiger partial charge is 0.460 e. The predicted octanol–water partition coefficient (Wildman–Crippen LogP) is 3.56. The molecule has 0 N–H and O–H groups in total. The molecule has 4 nitrogen and oxygen atoms in total. The molecule has 0 aliphatic carbocycles. The number of hydrogen-bond acceptors (Lipinski definition) is 4. The lowest BCUT2D eigenvalue weighted by molar-refractivity contribution is -0.0177. The first-order valence-electron chi connectivity index (χ1n) is 8.34. The maximum Gasteiger partial charge on any atom is 0.460 e. The van der Waals surface area contributed by atoms with Crippen LogP contribution in [0, 0.1) is 0 Å². The molecule has 2 atom stereocenters. The fraction of sp³-hybridized carbons (Fsp3) is 1.00. The number of rotatable bonds is 5. The van der Waals surface area contributed by atoms with Crippen LogP contribution in [0.1, 0.15) is 60.8 Å². The predicted molar refractivity (Wildman–Crippen MR) is 86.4 cm³/mol. The molecule has 2 aliphatic heterocycles. The summed E-state index contributed by atoms with van der Waals surface area (Å²) in [5.74, 6) is 0.744. The minimum Gasteiger partial charge on any atom is -0.411 e. The number of hydrogen-bond donors (Lipinski definition) is 0. The molecule has 120 valence electrons. The molecule has 0 amide bonds. The fourth-order valence-corrected chi connectivity index (χ4v) is 2.94. The topological polar surface area (TPSA) is 36.9 Å². The molecule has 0 aromatic carbocycles. The van der Waals surface area contributed by atoms with Crippen molar-refractivity contribution in [3.63, 3.8) is 0 Å². The van der Waals surface area contributed by atoms with Crippen molar-refractivity contribution < 1.29 is 18.6 Å². The maximum atomic E-state index is 6.26. The van der Waals surface area contributed by atoms with E-state index in [2.05, 4.69) is 41.5 Å². The van der Waals surface area contributed by atoms with E-state index >= 15 is 0 Å². The molecule has 2 rings (SSSR count). The van der Waals surface area contributed by atoms with Crippen molar-refractivity contribution in [3.05, 3.63) is 0 Å². The first-order valence-corrected chi connectivity index (χ1v) is 8.34. The summed E-state index contributed by atoms with van der Waals surface area (Å²) in [7, 11) is -0.170. The smallest absolute Gasteiger partial charge is 0.411 e. The lowest BCUT2D eigenvalue weighted by Gasteiger charge is -2.37. The standard InChI is InChI=1S/C15H30B2O4/c1-12(2)16-20-14(4,5)15(6,21-16)9-8-13(3)17-18-10-7-11-19-17/h12-13H,7-11H2,1-6H3. The fourth-order valence-electron chi connectivity index (χ4n) is 2.94. The highest BCUT2D eigenvalue weighted by atomic mass is 16.7. The van der Waals surface area contributed by atoms with Crippen LogP contribution in [-0.4, -0.2) is 38.7 Å². The van der Waals surface area contributed by atoms with Gasteiger partial charge in [-0.05, 0) is 51.7 Å². The Balaban J connectivity index is 1.91. The van der Waals surface area contributed by atoms with Crippen molar-refractivity contribution in [2.24, 2.45) is 0 Å². The Hall–Kier alpha value is -0.0301. The molecule has 0 aromatic rings. The van der Waals surface area contributed by atoms with Crippen LogP contribution in [0.25, 0.3) is 0 Å². The summed E-state index contributed by atoms with van der Waals surface area (Å²) in [5, 5.41) is 0. The highest BCUT2D eigenvalue weighted by Crippen LogP contribution is 2.44. The van der Waals surface area contributed by atoms with Gasteiger partial charge in [-0.1, -0.05) is 20.8 Å². The monoisotopic (exact) mass is 296 g/mol. The maximum absolute atomic E-state index is 6.26. The molecule has 2 aliphatic rings. The normalized spacial score (nSPS) is 31.0. The molecular weight excluding hydrogens is 266 g/mol. The van der Waals surface area contributed by atoms with Crippen LogP contribution in [0.5, 0.6) is 0 Å². The average Bonchev–Trinajstić information content (AvgIpc) is 2.68. The van der Waals surface area contributed by atoms with Crippen molar-refractivity contribution >= 4 is 14.2 Å². The lowest BCUT2D eigenvalue weighted by Crippen LogP contribution is -2.45. The third-order valence-electron chi connectivity index (χ3n) is 5.00.